The first kappa shape index (κ1) is 11.1. The second kappa shape index (κ2) is 4.65. The molecule has 0 aliphatic carbocycles. The van der Waals surface area contributed by atoms with Crippen molar-refractivity contribution >= 4 is 29.1 Å². The summed E-state index contributed by atoms with van der Waals surface area (Å²) in [5, 5.41) is 12.3. The highest BCUT2D eigenvalue weighted by atomic mass is 32.2. The molecule has 1 unspecified atom stereocenters. The maximum absolute atomic E-state index is 10.9. The molecule has 4 N–H and O–H groups in total. The van der Waals surface area contributed by atoms with E-state index in [1.807, 2.05) is 17.8 Å². The van der Waals surface area contributed by atoms with Gasteiger partial charge in [-0.2, -0.15) is 11.8 Å². The summed E-state index contributed by atoms with van der Waals surface area (Å²) in [6.07, 6.45) is 1.12. The molecule has 5 heteroatoms. The molecule has 1 aromatic rings. The van der Waals surface area contributed by atoms with Gasteiger partial charge in [0.15, 0.2) is 0 Å². The molecule has 2 rings (SSSR count). The fourth-order valence-corrected chi connectivity index (χ4v) is 2.87. The van der Waals surface area contributed by atoms with Gasteiger partial charge >= 0.3 is 5.97 Å². The van der Waals surface area contributed by atoms with Gasteiger partial charge < -0.3 is 16.2 Å². The van der Waals surface area contributed by atoms with E-state index in [0.717, 1.165) is 17.9 Å². The van der Waals surface area contributed by atoms with Crippen molar-refractivity contribution in [1.82, 2.24) is 0 Å². The molecule has 1 aromatic carbocycles. The lowest BCUT2D eigenvalue weighted by Gasteiger charge is -2.13. The first-order valence-electron chi connectivity index (χ1n) is 5.14. The lowest BCUT2D eigenvalue weighted by atomic mass is 10.1. The number of carboxylic acid groups (broad SMARTS) is 1. The number of nitrogen functional groups attached to an aromatic ring is 1. The molecule has 0 radical (unpaired) electrons. The van der Waals surface area contributed by atoms with Gasteiger partial charge in [0.05, 0.1) is 5.56 Å². The first-order valence-corrected chi connectivity index (χ1v) is 6.29. The topological polar surface area (TPSA) is 75.3 Å². The molecule has 1 heterocycles. The van der Waals surface area contributed by atoms with Crippen LogP contribution < -0.4 is 11.1 Å². The smallest absolute Gasteiger partial charge is 0.337 e. The Kier molecular flexibility index (Phi) is 3.24. The molecular formula is C11H14N2O2S. The molecule has 0 aromatic heterocycles. The zero-order chi connectivity index (χ0) is 11.5. The normalized spacial score (nSPS) is 19.6. The van der Waals surface area contributed by atoms with Crippen LogP contribution in [0.2, 0.25) is 0 Å². The van der Waals surface area contributed by atoms with Crippen LogP contribution in [-0.2, 0) is 0 Å². The van der Waals surface area contributed by atoms with Crippen LogP contribution in [0, 0.1) is 0 Å². The number of hydrogen-bond acceptors (Lipinski definition) is 4. The van der Waals surface area contributed by atoms with Crippen molar-refractivity contribution < 1.29 is 9.90 Å². The van der Waals surface area contributed by atoms with E-state index in [1.165, 1.54) is 5.75 Å². The quantitative estimate of drug-likeness (QED) is 0.701. The number of nitrogens with one attached hydrogen (secondary N) is 1. The number of rotatable bonds is 3. The number of thioether (sulfide) groups is 1. The Balaban J connectivity index is 2.15. The van der Waals surface area contributed by atoms with Crippen LogP contribution in [0.4, 0.5) is 11.4 Å². The Hall–Kier alpha value is -1.36. The molecule has 1 aliphatic rings. The Morgan fingerprint density at radius 3 is 3.00 bits per heavy atom. The largest absolute Gasteiger partial charge is 0.478 e. The van der Waals surface area contributed by atoms with Crippen LogP contribution >= 0.6 is 11.8 Å². The lowest BCUT2D eigenvalue weighted by molar-refractivity contribution is 0.0698. The van der Waals surface area contributed by atoms with Crippen LogP contribution in [0.15, 0.2) is 18.2 Å². The average Bonchev–Trinajstić information content (AvgIpc) is 2.73. The zero-order valence-electron chi connectivity index (χ0n) is 8.77. The number of nitrogens with two attached hydrogens (primary N) is 1. The van der Waals surface area contributed by atoms with Crippen molar-refractivity contribution in [2.45, 2.75) is 12.5 Å². The number of hydrogen-bond donors (Lipinski definition) is 3. The highest BCUT2D eigenvalue weighted by Gasteiger charge is 2.16. The van der Waals surface area contributed by atoms with Gasteiger partial charge in [0, 0.05) is 23.2 Å². The summed E-state index contributed by atoms with van der Waals surface area (Å²) in [6, 6.07) is 5.49. The van der Waals surface area contributed by atoms with E-state index in [0.29, 0.717) is 11.7 Å². The van der Waals surface area contributed by atoms with Crippen molar-refractivity contribution in [3.05, 3.63) is 23.8 Å². The van der Waals surface area contributed by atoms with E-state index in [9.17, 15) is 4.79 Å². The van der Waals surface area contributed by atoms with Gasteiger partial charge in [-0.3, -0.25) is 0 Å². The molecule has 86 valence electrons. The number of carboxylic acids is 1. The molecule has 0 spiro atoms. The SMILES string of the molecule is Nc1ccc(NC2CCSC2)cc1C(=O)O. The second-order valence-corrected chi connectivity index (χ2v) is 4.96. The van der Waals surface area contributed by atoms with Crippen molar-refractivity contribution in [3.63, 3.8) is 0 Å². The Bertz CT molecular complexity index is 403. The third kappa shape index (κ3) is 2.41. The number of anilines is 2. The highest BCUT2D eigenvalue weighted by Crippen LogP contribution is 2.23. The fourth-order valence-electron chi connectivity index (χ4n) is 1.72. The van der Waals surface area contributed by atoms with Crippen molar-refractivity contribution in [1.29, 1.82) is 0 Å². The number of carbonyl (C=O) groups is 1. The van der Waals surface area contributed by atoms with Crippen LogP contribution in [0.1, 0.15) is 16.8 Å². The van der Waals surface area contributed by atoms with Gasteiger partial charge in [0.25, 0.3) is 0 Å². The maximum Gasteiger partial charge on any atom is 0.337 e. The molecule has 16 heavy (non-hydrogen) atoms. The molecule has 1 atom stereocenters. The Morgan fingerprint density at radius 1 is 1.56 bits per heavy atom. The standard InChI is InChI=1S/C11H14N2O2S/c12-10-2-1-7(5-9(10)11(14)15)13-8-3-4-16-6-8/h1-2,5,8,13H,3-4,6,12H2,(H,14,15). The van der Waals surface area contributed by atoms with Gasteiger partial charge in [0.2, 0.25) is 0 Å². The minimum atomic E-state index is -0.984. The lowest BCUT2D eigenvalue weighted by Crippen LogP contribution is -2.18. The van der Waals surface area contributed by atoms with Gasteiger partial charge in [-0.1, -0.05) is 0 Å². The molecule has 1 saturated heterocycles. The fraction of sp³-hybridized carbons (Fsp3) is 0.364. The van der Waals surface area contributed by atoms with E-state index in [2.05, 4.69) is 5.32 Å². The number of aromatic carboxylic acids is 1. The van der Waals surface area contributed by atoms with E-state index < -0.39 is 5.97 Å². The minimum Gasteiger partial charge on any atom is -0.478 e. The Morgan fingerprint density at radius 2 is 2.38 bits per heavy atom. The second-order valence-electron chi connectivity index (χ2n) is 3.81. The molecule has 4 nitrogen and oxygen atoms in total. The zero-order valence-corrected chi connectivity index (χ0v) is 9.59. The summed E-state index contributed by atoms with van der Waals surface area (Å²) in [5.74, 6) is 1.26. The van der Waals surface area contributed by atoms with Crippen molar-refractivity contribution in [2.24, 2.45) is 0 Å². The van der Waals surface area contributed by atoms with Crippen LogP contribution in [0.5, 0.6) is 0 Å². The molecule has 1 aliphatic heterocycles. The van der Waals surface area contributed by atoms with Crippen molar-refractivity contribution in [3.8, 4) is 0 Å². The third-order valence-corrected chi connectivity index (χ3v) is 3.75. The number of benzene rings is 1. The van der Waals surface area contributed by atoms with Gasteiger partial charge in [-0.05, 0) is 30.4 Å². The Labute approximate surface area is 98.2 Å². The predicted molar refractivity (Wildman–Crippen MR) is 67.2 cm³/mol. The summed E-state index contributed by atoms with van der Waals surface area (Å²) < 4.78 is 0. The summed E-state index contributed by atoms with van der Waals surface area (Å²) >= 11 is 1.91. The van der Waals surface area contributed by atoms with Crippen molar-refractivity contribution in [2.75, 3.05) is 22.6 Å². The monoisotopic (exact) mass is 238 g/mol. The molecular weight excluding hydrogens is 224 g/mol. The van der Waals surface area contributed by atoms with E-state index in [4.69, 9.17) is 10.8 Å². The minimum absolute atomic E-state index is 0.163. The van der Waals surface area contributed by atoms with Gasteiger partial charge in [-0.25, -0.2) is 4.79 Å². The van der Waals surface area contributed by atoms with Crippen LogP contribution in [0.3, 0.4) is 0 Å². The van der Waals surface area contributed by atoms with Crippen LogP contribution in [0.25, 0.3) is 0 Å². The van der Waals surface area contributed by atoms with E-state index >= 15 is 0 Å². The highest BCUT2D eigenvalue weighted by molar-refractivity contribution is 7.99. The molecule has 0 bridgehead atoms. The molecule has 0 saturated carbocycles. The van der Waals surface area contributed by atoms with Gasteiger partial charge in [-0.15, -0.1) is 0 Å². The summed E-state index contributed by atoms with van der Waals surface area (Å²) in [6.45, 7) is 0. The molecule has 0 amide bonds. The summed E-state index contributed by atoms with van der Waals surface area (Å²) in [4.78, 5) is 10.9. The van der Waals surface area contributed by atoms with Gasteiger partial charge in [0.1, 0.15) is 0 Å². The van der Waals surface area contributed by atoms with E-state index in [1.54, 1.807) is 12.1 Å². The summed E-state index contributed by atoms with van der Waals surface area (Å²) in [7, 11) is 0. The third-order valence-electron chi connectivity index (χ3n) is 2.58. The maximum atomic E-state index is 10.9. The average molecular weight is 238 g/mol. The van der Waals surface area contributed by atoms with E-state index in [-0.39, 0.29) is 5.56 Å². The summed E-state index contributed by atoms with van der Waals surface area (Å²) in [5.41, 5.74) is 6.89. The molecule has 1 fully saturated rings. The predicted octanol–water partition coefficient (Wildman–Crippen LogP) is 1.88. The van der Waals surface area contributed by atoms with Crippen LogP contribution in [-0.4, -0.2) is 28.6 Å². The first-order chi connectivity index (χ1) is 7.66.